The highest BCUT2D eigenvalue weighted by molar-refractivity contribution is 6.18. The van der Waals surface area contributed by atoms with Gasteiger partial charge in [0, 0.05) is 26.0 Å². The first kappa shape index (κ1) is 18.1. The van der Waals surface area contributed by atoms with Crippen LogP contribution in [0.1, 0.15) is 25.8 Å². The van der Waals surface area contributed by atoms with Crippen LogP contribution in [-0.4, -0.2) is 33.3 Å². The van der Waals surface area contributed by atoms with Gasteiger partial charge in [-0.1, -0.05) is 19.9 Å². The molecule has 21 heavy (non-hydrogen) atoms. The Labute approximate surface area is 133 Å². The highest BCUT2D eigenvalue weighted by atomic mass is 35.5. The van der Waals surface area contributed by atoms with Crippen molar-refractivity contribution < 1.29 is 14.2 Å². The van der Waals surface area contributed by atoms with Crippen molar-refractivity contribution in [1.82, 2.24) is 0 Å². The smallest absolute Gasteiger partial charge is 0.161 e. The lowest BCUT2D eigenvalue weighted by molar-refractivity contribution is 0.170. The highest BCUT2D eigenvalue weighted by Crippen LogP contribution is 2.30. The third-order valence-electron chi connectivity index (χ3n) is 3.62. The summed E-state index contributed by atoms with van der Waals surface area (Å²) in [4.78, 5) is 0. The van der Waals surface area contributed by atoms with Crippen molar-refractivity contribution in [3.63, 3.8) is 0 Å². The zero-order valence-corrected chi connectivity index (χ0v) is 14.3. The molecule has 0 amide bonds. The zero-order chi connectivity index (χ0) is 15.7. The van der Waals surface area contributed by atoms with Crippen LogP contribution in [0.25, 0.3) is 0 Å². The van der Waals surface area contributed by atoms with Crippen molar-refractivity contribution in [1.29, 1.82) is 0 Å². The summed E-state index contributed by atoms with van der Waals surface area (Å²) in [5.74, 6) is 3.27. The van der Waals surface area contributed by atoms with Crippen molar-refractivity contribution in [2.45, 2.75) is 26.7 Å². The Kier molecular flexibility index (Phi) is 8.55. The van der Waals surface area contributed by atoms with Crippen LogP contribution >= 0.6 is 11.6 Å². The molecule has 0 aliphatic heterocycles. The fourth-order valence-electron chi connectivity index (χ4n) is 2.12. The topological polar surface area (TPSA) is 27.7 Å². The number of hydrogen-bond acceptors (Lipinski definition) is 3. The van der Waals surface area contributed by atoms with E-state index in [0.29, 0.717) is 30.9 Å². The van der Waals surface area contributed by atoms with E-state index in [4.69, 9.17) is 25.8 Å². The van der Waals surface area contributed by atoms with Gasteiger partial charge < -0.3 is 14.2 Å². The fourth-order valence-corrected chi connectivity index (χ4v) is 2.58. The molecule has 0 bridgehead atoms. The van der Waals surface area contributed by atoms with Gasteiger partial charge >= 0.3 is 0 Å². The molecule has 1 aromatic carbocycles. The van der Waals surface area contributed by atoms with Crippen LogP contribution < -0.4 is 9.47 Å². The molecular formula is C17H27ClO3. The van der Waals surface area contributed by atoms with E-state index >= 15 is 0 Å². The summed E-state index contributed by atoms with van der Waals surface area (Å²) < 4.78 is 16.2. The average Bonchev–Trinajstić information content (AvgIpc) is 2.49. The van der Waals surface area contributed by atoms with Crippen molar-refractivity contribution >= 4 is 11.6 Å². The quantitative estimate of drug-likeness (QED) is 0.479. The van der Waals surface area contributed by atoms with Gasteiger partial charge in [0.05, 0.1) is 13.7 Å². The number of ether oxygens (including phenoxy) is 3. The van der Waals surface area contributed by atoms with E-state index in [0.717, 1.165) is 24.3 Å². The summed E-state index contributed by atoms with van der Waals surface area (Å²) in [5.41, 5.74) is 1.23. The molecule has 0 saturated heterocycles. The molecule has 4 heteroatoms. The van der Waals surface area contributed by atoms with Crippen molar-refractivity contribution in [2.24, 2.45) is 11.8 Å². The van der Waals surface area contributed by atoms with Gasteiger partial charge in [-0.25, -0.2) is 0 Å². The minimum atomic E-state index is 0.474. The van der Waals surface area contributed by atoms with E-state index in [2.05, 4.69) is 26.0 Å². The SMILES string of the molecule is COCCCOc1cc(C[C@H](CCl)C(C)C)ccc1OC. The van der Waals surface area contributed by atoms with Gasteiger partial charge in [0.2, 0.25) is 0 Å². The maximum Gasteiger partial charge on any atom is 0.161 e. The molecule has 0 spiro atoms. The fraction of sp³-hybridized carbons (Fsp3) is 0.647. The molecule has 0 N–H and O–H groups in total. The predicted molar refractivity (Wildman–Crippen MR) is 87.7 cm³/mol. The molecule has 0 aliphatic carbocycles. The monoisotopic (exact) mass is 314 g/mol. The number of halogens is 1. The largest absolute Gasteiger partial charge is 0.493 e. The van der Waals surface area contributed by atoms with E-state index in [9.17, 15) is 0 Å². The summed E-state index contributed by atoms with van der Waals surface area (Å²) in [6, 6.07) is 6.11. The normalized spacial score (nSPS) is 12.5. The van der Waals surface area contributed by atoms with Crippen LogP contribution in [0.15, 0.2) is 18.2 Å². The first-order valence-corrected chi connectivity index (χ1v) is 8.00. The molecule has 0 unspecified atom stereocenters. The summed E-state index contributed by atoms with van der Waals surface area (Å²) in [5, 5.41) is 0. The Hall–Kier alpha value is -0.930. The summed E-state index contributed by atoms with van der Waals surface area (Å²) >= 11 is 6.06. The van der Waals surface area contributed by atoms with Gasteiger partial charge in [-0.15, -0.1) is 11.6 Å². The summed E-state index contributed by atoms with van der Waals surface area (Å²) in [6.45, 7) is 5.73. The van der Waals surface area contributed by atoms with Gasteiger partial charge in [0.1, 0.15) is 0 Å². The second kappa shape index (κ2) is 9.91. The molecule has 3 nitrogen and oxygen atoms in total. The standard InChI is InChI=1S/C17H27ClO3/c1-13(2)15(12-18)10-14-6-7-16(20-4)17(11-14)21-9-5-8-19-3/h6-7,11,13,15H,5,8-10,12H2,1-4H3/t15-/m1/s1. The molecule has 1 aromatic rings. The van der Waals surface area contributed by atoms with Crippen molar-refractivity contribution in [2.75, 3.05) is 33.3 Å². The third-order valence-corrected chi connectivity index (χ3v) is 4.01. The lowest BCUT2D eigenvalue weighted by atomic mass is 9.91. The zero-order valence-electron chi connectivity index (χ0n) is 13.5. The van der Waals surface area contributed by atoms with E-state index in [1.807, 2.05) is 6.07 Å². The van der Waals surface area contributed by atoms with E-state index in [1.165, 1.54) is 5.56 Å². The second-order valence-corrected chi connectivity index (χ2v) is 5.85. The van der Waals surface area contributed by atoms with Crippen molar-refractivity contribution in [3.05, 3.63) is 23.8 Å². The van der Waals surface area contributed by atoms with Gasteiger partial charge in [-0.2, -0.15) is 0 Å². The van der Waals surface area contributed by atoms with Gasteiger partial charge in [0.15, 0.2) is 11.5 Å². The predicted octanol–water partition coefficient (Wildman–Crippen LogP) is 4.16. The van der Waals surface area contributed by atoms with Crippen LogP contribution in [0.2, 0.25) is 0 Å². The van der Waals surface area contributed by atoms with Gasteiger partial charge in [-0.05, 0) is 36.0 Å². The lowest BCUT2D eigenvalue weighted by Gasteiger charge is -2.19. The van der Waals surface area contributed by atoms with E-state index in [-0.39, 0.29) is 0 Å². The van der Waals surface area contributed by atoms with E-state index in [1.54, 1.807) is 14.2 Å². The Morgan fingerprint density at radius 1 is 1.10 bits per heavy atom. The molecule has 120 valence electrons. The summed E-state index contributed by atoms with van der Waals surface area (Å²) in [7, 11) is 3.35. The van der Waals surface area contributed by atoms with Crippen LogP contribution in [0.4, 0.5) is 0 Å². The minimum Gasteiger partial charge on any atom is -0.493 e. The Morgan fingerprint density at radius 2 is 1.86 bits per heavy atom. The van der Waals surface area contributed by atoms with Crippen molar-refractivity contribution in [3.8, 4) is 11.5 Å². The molecule has 0 aliphatic rings. The molecule has 0 saturated carbocycles. The van der Waals surface area contributed by atoms with Gasteiger partial charge in [0.25, 0.3) is 0 Å². The molecule has 0 fully saturated rings. The number of rotatable bonds is 10. The Morgan fingerprint density at radius 3 is 2.43 bits per heavy atom. The minimum absolute atomic E-state index is 0.474. The molecule has 0 aromatic heterocycles. The molecule has 0 heterocycles. The number of alkyl halides is 1. The molecule has 1 rings (SSSR count). The first-order valence-electron chi connectivity index (χ1n) is 7.47. The Balaban J connectivity index is 2.74. The first-order chi connectivity index (χ1) is 10.1. The molecule has 1 atom stereocenters. The molecule has 0 radical (unpaired) electrons. The second-order valence-electron chi connectivity index (χ2n) is 5.54. The summed E-state index contributed by atoms with van der Waals surface area (Å²) in [6.07, 6.45) is 1.82. The number of benzene rings is 1. The maximum atomic E-state index is 6.06. The van der Waals surface area contributed by atoms with Gasteiger partial charge in [-0.3, -0.25) is 0 Å². The number of methoxy groups -OCH3 is 2. The van der Waals surface area contributed by atoms with E-state index < -0.39 is 0 Å². The molecular weight excluding hydrogens is 288 g/mol. The average molecular weight is 315 g/mol. The maximum absolute atomic E-state index is 6.06. The number of hydrogen-bond donors (Lipinski definition) is 0. The lowest BCUT2D eigenvalue weighted by Crippen LogP contribution is -2.13. The Bertz CT molecular complexity index is 407. The highest BCUT2D eigenvalue weighted by Gasteiger charge is 2.14. The van der Waals surface area contributed by atoms with Crippen LogP contribution in [0.3, 0.4) is 0 Å². The van der Waals surface area contributed by atoms with Crippen LogP contribution in [0, 0.1) is 11.8 Å². The van der Waals surface area contributed by atoms with Crippen LogP contribution in [-0.2, 0) is 11.2 Å². The van der Waals surface area contributed by atoms with Crippen LogP contribution in [0.5, 0.6) is 11.5 Å². The third kappa shape index (κ3) is 6.15.